The summed E-state index contributed by atoms with van der Waals surface area (Å²) >= 11 is 0. The molecule has 3 atom stereocenters. The van der Waals surface area contributed by atoms with Crippen molar-refractivity contribution < 1.29 is 32.9 Å². The average molecular weight is 559 g/mol. The van der Waals surface area contributed by atoms with Gasteiger partial charge in [-0.25, -0.2) is 0 Å². The highest BCUT2D eigenvalue weighted by Crippen LogP contribution is 2.38. The Hall–Kier alpha value is -1.28. The van der Waals surface area contributed by atoms with Gasteiger partial charge >= 0.3 is 0 Å². The molecule has 1 amide bonds. The van der Waals surface area contributed by atoms with Gasteiger partial charge in [0.2, 0.25) is 5.91 Å². The van der Waals surface area contributed by atoms with Crippen LogP contribution in [-0.4, -0.2) is 68.5 Å². The first kappa shape index (κ1) is 36.7. The molecule has 38 heavy (non-hydrogen) atoms. The summed E-state index contributed by atoms with van der Waals surface area (Å²) in [6, 6.07) is -0.899. The van der Waals surface area contributed by atoms with Crippen LogP contribution in [0.3, 0.4) is 0 Å². The number of nitrogens with one attached hydrogen (secondary N) is 1. The second kappa shape index (κ2) is 22.5. The fourth-order valence-electron chi connectivity index (χ4n) is 3.39. The number of unbranched alkanes of at least 4 members (excludes halogenated alkanes) is 7. The number of aliphatic hydroxyl groups excluding tert-OH is 1. The maximum Gasteiger partial charge on any atom is 0.268 e. The molecular weight excluding hydrogens is 503 g/mol. The van der Waals surface area contributed by atoms with E-state index in [0.29, 0.717) is 23.9 Å². The lowest BCUT2D eigenvalue weighted by atomic mass is 10.1. The largest absolute Gasteiger partial charge is 0.756 e. The molecule has 0 radical (unpaired) electrons. The molecule has 0 aromatic carbocycles. The van der Waals surface area contributed by atoms with E-state index < -0.39 is 26.6 Å². The number of aliphatic hydroxyl groups is 1. The van der Waals surface area contributed by atoms with Gasteiger partial charge in [0, 0.05) is 6.42 Å². The summed E-state index contributed by atoms with van der Waals surface area (Å²) in [6.45, 7) is 4.28. The highest BCUT2D eigenvalue weighted by Gasteiger charge is 2.23. The molecule has 8 nitrogen and oxygen atoms in total. The first-order chi connectivity index (χ1) is 18.0. The molecule has 2 N–H and O–H groups in total. The van der Waals surface area contributed by atoms with Gasteiger partial charge in [0.15, 0.2) is 0 Å². The summed E-state index contributed by atoms with van der Waals surface area (Å²) in [5.41, 5.74) is 0. The Morgan fingerprint density at radius 1 is 0.895 bits per heavy atom. The summed E-state index contributed by atoms with van der Waals surface area (Å²) in [4.78, 5) is 24.4. The van der Waals surface area contributed by atoms with Crippen LogP contribution in [0.15, 0.2) is 36.5 Å². The molecule has 0 bridgehead atoms. The number of likely N-dealkylation sites (N-methyl/N-ethyl adjacent to an activating group) is 1. The molecule has 0 saturated heterocycles. The predicted molar refractivity (Wildman–Crippen MR) is 155 cm³/mol. The lowest BCUT2D eigenvalue weighted by molar-refractivity contribution is -0.870. The van der Waals surface area contributed by atoms with Gasteiger partial charge in [-0.3, -0.25) is 9.36 Å². The van der Waals surface area contributed by atoms with Crippen LogP contribution in [0.25, 0.3) is 0 Å². The fourth-order valence-corrected chi connectivity index (χ4v) is 4.12. The topological polar surface area (TPSA) is 108 Å². The van der Waals surface area contributed by atoms with E-state index in [2.05, 4.69) is 36.5 Å². The quantitative estimate of drug-likeness (QED) is 0.0708. The van der Waals surface area contributed by atoms with Crippen LogP contribution in [0.5, 0.6) is 0 Å². The highest BCUT2D eigenvalue weighted by molar-refractivity contribution is 7.45. The smallest absolute Gasteiger partial charge is 0.268 e. The van der Waals surface area contributed by atoms with Crippen LogP contribution in [-0.2, 0) is 18.4 Å². The number of carbonyl (C=O) groups is 1. The molecule has 0 aliphatic carbocycles. The van der Waals surface area contributed by atoms with E-state index in [-0.39, 0.29) is 12.5 Å². The molecular formula is C29H55N2O6P. The Kier molecular flexibility index (Phi) is 21.8. The van der Waals surface area contributed by atoms with Gasteiger partial charge in [-0.05, 0) is 44.9 Å². The van der Waals surface area contributed by atoms with Gasteiger partial charge in [-0.1, -0.05) is 76.0 Å². The minimum Gasteiger partial charge on any atom is -0.756 e. The van der Waals surface area contributed by atoms with Gasteiger partial charge < -0.3 is 28.8 Å². The van der Waals surface area contributed by atoms with E-state index in [4.69, 9.17) is 9.05 Å². The van der Waals surface area contributed by atoms with Crippen LogP contribution >= 0.6 is 7.82 Å². The molecule has 0 spiro atoms. The SMILES string of the molecule is CCCCCC/C=C/CC/C=C/CC/C=C/C(O)C(COP(=O)([O-])OCC[N+](C)(C)C)NC(=O)CCCC. The fraction of sp³-hybridized carbons (Fsp3) is 0.759. The van der Waals surface area contributed by atoms with E-state index in [1.165, 1.54) is 25.7 Å². The van der Waals surface area contributed by atoms with Gasteiger partial charge in [-0.15, -0.1) is 0 Å². The first-order valence-electron chi connectivity index (χ1n) is 14.4. The second-order valence-electron chi connectivity index (χ2n) is 10.7. The molecule has 9 heteroatoms. The summed E-state index contributed by atoms with van der Waals surface area (Å²) < 4.78 is 22.6. The van der Waals surface area contributed by atoms with Crippen molar-refractivity contribution in [2.24, 2.45) is 0 Å². The average Bonchev–Trinajstić information content (AvgIpc) is 2.84. The zero-order valence-corrected chi connectivity index (χ0v) is 25.5. The van der Waals surface area contributed by atoms with Crippen LogP contribution in [0.2, 0.25) is 0 Å². The van der Waals surface area contributed by atoms with Crippen molar-refractivity contribution in [3.05, 3.63) is 36.5 Å². The number of phosphoric ester groups is 1. The normalized spacial score (nSPS) is 15.9. The highest BCUT2D eigenvalue weighted by atomic mass is 31.2. The van der Waals surface area contributed by atoms with Crippen LogP contribution < -0.4 is 10.2 Å². The van der Waals surface area contributed by atoms with Gasteiger partial charge in [0.25, 0.3) is 7.82 Å². The van der Waals surface area contributed by atoms with Gasteiger partial charge in [-0.2, -0.15) is 0 Å². The summed E-state index contributed by atoms with van der Waals surface area (Å²) in [7, 11) is 1.22. The van der Waals surface area contributed by atoms with E-state index in [9.17, 15) is 19.4 Å². The van der Waals surface area contributed by atoms with E-state index in [1.54, 1.807) is 6.08 Å². The third kappa shape index (κ3) is 23.8. The minimum atomic E-state index is -4.56. The zero-order chi connectivity index (χ0) is 28.7. The minimum absolute atomic E-state index is 0.0108. The zero-order valence-electron chi connectivity index (χ0n) is 24.6. The summed E-state index contributed by atoms with van der Waals surface area (Å²) in [6.07, 6.45) is 23.0. The molecule has 3 unspecified atom stereocenters. The number of rotatable bonds is 24. The number of allylic oxidation sites excluding steroid dienone is 5. The van der Waals surface area contributed by atoms with E-state index >= 15 is 0 Å². The standard InChI is InChI=1S/C29H55N2O6P/c1-6-8-10-11-12-13-14-15-16-17-18-19-20-21-22-28(32)27(30-29(33)23-9-7-2)26-37-38(34,35)36-25-24-31(3,4)5/h13-14,17-18,21-22,27-28,32H,6-12,15-16,19-20,23-26H2,1-5H3,(H-,30,33,34,35)/b14-13+,18-17+,22-21+. The molecule has 222 valence electrons. The number of nitrogens with zero attached hydrogens (tertiary/aromatic N) is 1. The van der Waals surface area contributed by atoms with Crippen molar-refractivity contribution in [3.8, 4) is 0 Å². The predicted octanol–water partition coefficient (Wildman–Crippen LogP) is 5.43. The Morgan fingerprint density at radius 3 is 2.05 bits per heavy atom. The molecule has 0 aromatic heterocycles. The monoisotopic (exact) mass is 558 g/mol. The van der Waals surface area contributed by atoms with Crippen molar-refractivity contribution in [3.63, 3.8) is 0 Å². The van der Waals surface area contributed by atoms with Gasteiger partial charge in [0.05, 0.1) is 39.9 Å². The number of phosphoric acid groups is 1. The molecule has 0 aliphatic heterocycles. The maximum atomic E-state index is 12.2. The number of hydrogen-bond donors (Lipinski definition) is 2. The molecule has 0 aliphatic rings. The molecule has 0 fully saturated rings. The van der Waals surface area contributed by atoms with E-state index in [1.807, 2.05) is 34.1 Å². The third-order valence-corrected chi connectivity index (χ3v) is 6.79. The molecule has 0 saturated carbocycles. The Labute approximate surface area is 232 Å². The van der Waals surface area contributed by atoms with Crippen molar-refractivity contribution in [1.29, 1.82) is 0 Å². The van der Waals surface area contributed by atoms with Gasteiger partial charge in [0.1, 0.15) is 13.2 Å². The number of quaternary nitrogens is 1. The summed E-state index contributed by atoms with van der Waals surface area (Å²) in [5, 5.41) is 13.3. The second-order valence-corrected chi connectivity index (χ2v) is 12.1. The Bertz CT molecular complexity index is 733. The maximum absolute atomic E-state index is 12.2. The van der Waals surface area contributed by atoms with E-state index in [0.717, 1.165) is 38.5 Å². The van der Waals surface area contributed by atoms with Crippen LogP contribution in [0.4, 0.5) is 0 Å². The first-order valence-corrected chi connectivity index (χ1v) is 15.8. The Balaban J connectivity index is 4.56. The number of carbonyl (C=O) groups excluding carboxylic acids is 1. The molecule has 0 heterocycles. The summed E-state index contributed by atoms with van der Waals surface area (Å²) in [5.74, 6) is -0.252. The Morgan fingerprint density at radius 2 is 1.47 bits per heavy atom. The van der Waals surface area contributed by atoms with Crippen molar-refractivity contribution in [1.82, 2.24) is 5.32 Å². The number of hydrogen-bond acceptors (Lipinski definition) is 6. The number of amides is 1. The molecule has 0 aromatic rings. The van der Waals surface area contributed by atoms with Crippen molar-refractivity contribution in [2.75, 3.05) is 40.9 Å². The molecule has 0 rings (SSSR count). The third-order valence-electron chi connectivity index (χ3n) is 5.83. The van der Waals surface area contributed by atoms with Crippen molar-refractivity contribution in [2.45, 2.75) is 103 Å². The lowest BCUT2D eigenvalue weighted by Gasteiger charge is -2.29. The van der Waals surface area contributed by atoms with Crippen molar-refractivity contribution >= 4 is 13.7 Å². The van der Waals surface area contributed by atoms with Crippen LogP contribution in [0, 0.1) is 0 Å². The lowest BCUT2D eigenvalue weighted by Crippen LogP contribution is -2.45. The van der Waals surface area contributed by atoms with Crippen LogP contribution in [0.1, 0.15) is 90.9 Å².